The summed E-state index contributed by atoms with van der Waals surface area (Å²) in [6.07, 6.45) is 12.8. The van der Waals surface area contributed by atoms with Crippen LogP contribution in [0.3, 0.4) is 0 Å². The van der Waals surface area contributed by atoms with Crippen LogP contribution in [0.15, 0.2) is 0 Å². The molecule has 3 nitrogen and oxygen atoms in total. The summed E-state index contributed by atoms with van der Waals surface area (Å²) >= 11 is 0. The molecule has 2 saturated carbocycles. The zero-order valence-corrected chi connectivity index (χ0v) is 12.5. The van der Waals surface area contributed by atoms with Gasteiger partial charge in [-0.05, 0) is 51.6 Å². The molecule has 2 atom stereocenters. The first kappa shape index (κ1) is 13.8. The van der Waals surface area contributed by atoms with Gasteiger partial charge in [0.25, 0.3) is 0 Å². The maximum absolute atomic E-state index is 5.73. The predicted molar refractivity (Wildman–Crippen MR) is 78.4 cm³/mol. The average Bonchev–Trinajstić information content (AvgIpc) is 2.83. The lowest BCUT2D eigenvalue weighted by molar-refractivity contribution is 0.0216. The first-order valence-corrected chi connectivity index (χ1v) is 8.35. The molecule has 3 fully saturated rings. The van der Waals surface area contributed by atoms with E-state index in [9.17, 15) is 0 Å². The fourth-order valence-electron chi connectivity index (χ4n) is 4.61. The molecule has 3 rings (SSSR count). The van der Waals surface area contributed by atoms with E-state index < -0.39 is 0 Å². The van der Waals surface area contributed by atoms with Gasteiger partial charge in [-0.15, -0.1) is 0 Å². The topological polar surface area (TPSA) is 24.5 Å². The summed E-state index contributed by atoms with van der Waals surface area (Å²) < 4.78 is 5.73. The van der Waals surface area contributed by atoms with Crippen LogP contribution in [-0.2, 0) is 4.74 Å². The molecule has 1 saturated heterocycles. The van der Waals surface area contributed by atoms with Gasteiger partial charge in [0, 0.05) is 25.2 Å². The molecule has 0 aromatic carbocycles. The molecule has 2 aliphatic carbocycles. The van der Waals surface area contributed by atoms with Crippen molar-refractivity contribution in [3.05, 3.63) is 0 Å². The normalized spacial score (nSPS) is 36.5. The van der Waals surface area contributed by atoms with Crippen LogP contribution in [0.5, 0.6) is 0 Å². The van der Waals surface area contributed by atoms with E-state index in [2.05, 4.69) is 10.2 Å². The number of hydrogen-bond donors (Lipinski definition) is 1. The minimum absolute atomic E-state index is 0.426. The Hall–Kier alpha value is -0.120. The van der Waals surface area contributed by atoms with Crippen LogP contribution >= 0.6 is 0 Å². The second kappa shape index (κ2) is 6.11. The lowest BCUT2D eigenvalue weighted by Crippen LogP contribution is -2.55. The Morgan fingerprint density at radius 2 is 1.89 bits per heavy atom. The molecule has 1 spiro atoms. The predicted octanol–water partition coefficient (Wildman–Crippen LogP) is 2.55. The summed E-state index contributed by atoms with van der Waals surface area (Å²) in [5, 5.41) is 3.90. The standard InChI is InChI=1S/C16H30N2O/c1-19-15-8-5-7-14(15)18-12-6-11-17-16(13-18)9-3-2-4-10-16/h14-15,17H,2-13H2,1H3. The van der Waals surface area contributed by atoms with Crippen molar-refractivity contribution in [3.8, 4) is 0 Å². The highest BCUT2D eigenvalue weighted by atomic mass is 16.5. The Bertz CT molecular complexity index is 288. The van der Waals surface area contributed by atoms with Crippen LogP contribution in [-0.4, -0.2) is 49.3 Å². The maximum atomic E-state index is 5.73. The number of nitrogens with one attached hydrogen (secondary N) is 1. The SMILES string of the molecule is COC1CCCC1N1CCCNC2(CCCCC2)C1. The summed E-state index contributed by atoms with van der Waals surface area (Å²) in [7, 11) is 1.90. The van der Waals surface area contributed by atoms with E-state index in [0.29, 0.717) is 17.7 Å². The third-order valence-corrected chi connectivity index (χ3v) is 5.63. The summed E-state index contributed by atoms with van der Waals surface area (Å²) in [5.74, 6) is 0. The fraction of sp³-hybridized carbons (Fsp3) is 1.00. The van der Waals surface area contributed by atoms with Gasteiger partial charge in [0.1, 0.15) is 0 Å². The number of hydrogen-bond acceptors (Lipinski definition) is 3. The molecule has 19 heavy (non-hydrogen) atoms. The van der Waals surface area contributed by atoms with Crippen LogP contribution in [0.1, 0.15) is 57.8 Å². The lowest BCUT2D eigenvalue weighted by Gasteiger charge is -2.42. The molecule has 0 aromatic heterocycles. The quantitative estimate of drug-likeness (QED) is 0.831. The van der Waals surface area contributed by atoms with Gasteiger partial charge in [-0.3, -0.25) is 4.90 Å². The van der Waals surface area contributed by atoms with Crippen LogP contribution in [0, 0.1) is 0 Å². The Labute approximate surface area is 118 Å². The van der Waals surface area contributed by atoms with E-state index >= 15 is 0 Å². The van der Waals surface area contributed by atoms with Crippen molar-refractivity contribution in [2.24, 2.45) is 0 Å². The number of ether oxygens (including phenoxy) is 1. The Morgan fingerprint density at radius 1 is 1.05 bits per heavy atom. The Morgan fingerprint density at radius 3 is 2.68 bits per heavy atom. The van der Waals surface area contributed by atoms with E-state index in [1.54, 1.807) is 0 Å². The fourth-order valence-corrected chi connectivity index (χ4v) is 4.61. The first-order chi connectivity index (χ1) is 9.33. The van der Waals surface area contributed by atoms with E-state index in [1.165, 1.54) is 77.4 Å². The van der Waals surface area contributed by atoms with Crippen LogP contribution < -0.4 is 5.32 Å². The molecule has 3 heteroatoms. The van der Waals surface area contributed by atoms with Gasteiger partial charge < -0.3 is 10.1 Å². The zero-order chi connectivity index (χ0) is 13.1. The van der Waals surface area contributed by atoms with Crippen molar-refractivity contribution < 1.29 is 4.74 Å². The van der Waals surface area contributed by atoms with Crippen molar-refractivity contribution in [1.29, 1.82) is 0 Å². The minimum Gasteiger partial charge on any atom is -0.380 e. The first-order valence-electron chi connectivity index (χ1n) is 8.35. The third-order valence-electron chi connectivity index (χ3n) is 5.63. The number of methoxy groups -OCH3 is 1. The Kier molecular flexibility index (Phi) is 4.45. The highest BCUT2D eigenvalue weighted by molar-refractivity contribution is 4.98. The van der Waals surface area contributed by atoms with Gasteiger partial charge in [0.05, 0.1) is 6.10 Å². The molecule has 3 aliphatic rings. The molecule has 0 radical (unpaired) electrons. The molecule has 2 unspecified atom stereocenters. The largest absolute Gasteiger partial charge is 0.380 e. The summed E-state index contributed by atoms with van der Waals surface area (Å²) in [5.41, 5.74) is 0.426. The highest BCUT2D eigenvalue weighted by Gasteiger charge is 2.40. The van der Waals surface area contributed by atoms with E-state index in [4.69, 9.17) is 4.74 Å². The van der Waals surface area contributed by atoms with Gasteiger partial charge in [-0.1, -0.05) is 19.3 Å². The highest BCUT2D eigenvalue weighted by Crippen LogP contribution is 2.34. The minimum atomic E-state index is 0.426. The summed E-state index contributed by atoms with van der Waals surface area (Å²) in [4.78, 5) is 2.77. The average molecular weight is 266 g/mol. The van der Waals surface area contributed by atoms with E-state index in [-0.39, 0.29) is 0 Å². The monoisotopic (exact) mass is 266 g/mol. The number of rotatable bonds is 2. The van der Waals surface area contributed by atoms with Crippen molar-refractivity contribution in [2.45, 2.75) is 75.5 Å². The van der Waals surface area contributed by atoms with Crippen LogP contribution in [0.25, 0.3) is 0 Å². The molecule has 0 aromatic rings. The van der Waals surface area contributed by atoms with Crippen molar-refractivity contribution in [3.63, 3.8) is 0 Å². The molecular weight excluding hydrogens is 236 g/mol. The molecule has 1 aliphatic heterocycles. The van der Waals surface area contributed by atoms with Gasteiger partial charge in [0.2, 0.25) is 0 Å². The van der Waals surface area contributed by atoms with Gasteiger partial charge >= 0.3 is 0 Å². The van der Waals surface area contributed by atoms with E-state index in [1.807, 2.05) is 7.11 Å². The summed E-state index contributed by atoms with van der Waals surface area (Å²) in [6.45, 7) is 3.73. The van der Waals surface area contributed by atoms with Crippen molar-refractivity contribution in [2.75, 3.05) is 26.7 Å². The van der Waals surface area contributed by atoms with Crippen LogP contribution in [0.4, 0.5) is 0 Å². The second-order valence-electron chi connectivity index (χ2n) is 6.86. The molecule has 0 bridgehead atoms. The molecule has 0 amide bonds. The van der Waals surface area contributed by atoms with Crippen molar-refractivity contribution >= 4 is 0 Å². The number of nitrogens with zero attached hydrogens (tertiary/aromatic N) is 1. The molecular formula is C16H30N2O. The zero-order valence-electron chi connectivity index (χ0n) is 12.5. The maximum Gasteiger partial charge on any atom is 0.0726 e. The second-order valence-corrected chi connectivity index (χ2v) is 6.86. The van der Waals surface area contributed by atoms with Gasteiger partial charge in [-0.2, -0.15) is 0 Å². The molecule has 110 valence electrons. The Balaban J connectivity index is 1.70. The lowest BCUT2D eigenvalue weighted by atomic mass is 9.81. The van der Waals surface area contributed by atoms with E-state index in [0.717, 1.165) is 0 Å². The van der Waals surface area contributed by atoms with Gasteiger partial charge in [-0.25, -0.2) is 0 Å². The van der Waals surface area contributed by atoms with Gasteiger partial charge in [0.15, 0.2) is 0 Å². The summed E-state index contributed by atoms with van der Waals surface area (Å²) in [6, 6.07) is 0.684. The van der Waals surface area contributed by atoms with Crippen molar-refractivity contribution in [1.82, 2.24) is 10.2 Å². The molecule has 1 N–H and O–H groups in total. The smallest absolute Gasteiger partial charge is 0.0726 e. The van der Waals surface area contributed by atoms with Crippen LogP contribution in [0.2, 0.25) is 0 Å². The third kappa shape index (κ3) is 2.98. The molecule has 1 heterocycles.